The number of halogens is 1. The number of ether oxygens (including phenoxy) is 1. The van der Waals surface area contributed by atoms with Gasteiger partial charge in [-0.1, -0.05) is 40.2 Å². The lowest BCUT2D eigenvalue weighted by atomic mass is 9.85. The minimum Gasteiger partial charge on any atom is -0.462 e. The predicted octanol–water partition coefficient (Wildman–Crippen LogP) is 5.43. The molecule has 1 N–H and O–H groups in total. The van der Waals surface area contributed by atoms with E-state index in [-0.39, 0.29) is 0 Å². The van der Waals surface area contributed by atoms with E-state index >= 15 is 0 Å². The van der Waals surface area contributed by atoms with Gasteiger partial charge in [-0.3, -0.25) is 0 Å². The number of rotatable bonds is 5. The highest BCUT2D eigenvalue weighted by Crippen LogP contribution is 2.41. The standard InChI is InChI=1S/C30H36BrN5O/c1-35-13-4-7-23(35)18-37-30-33-26-17-36(27-9-3-6-19-5-2-8-25(31)28(19)27)14-12-24(26)29(34-30)20-15-21-10-11-22(16-20)32-21/h2-3,5-6,8-9,20-23,32H,4,7,10-18H2,1H3/t20-,21+,22-,23-/m0/s1. The van der Waals surface area contributed by atoms with E-state index in [2.05, 4.69) is 74.5 Å². The van der Waals surface area contributed by atoms with E-state index in [0.717, 1.165) is 36.2 Å². The summed E-state index contributed by atoms with van der Waals surface area (Å²) in [6, 6.07) is 15.4. The van der Waals surface area contributed by atoms with Gasteiger partial charge in [0.2, 0.25) is 0 Å². The van der Waals surface area contributed by atoms with Gasteiger partial charge < -0.3 is 19.9 Å². The Labute approximate surface area is 227 Å². The Bertz CT molecular complexity index is 1300. The molecule has 37 heavy (non-hydrogen) atoms. The smallest absolute Gasteiger partial charge is 0.316 e. The molecular weight excluding hydrogens is 526 g/mol. The van der Waals surface area contributed by atoms with Crippen molar-refractivity contribution in [2.24, 2.45) is 0 Å². The zero-order valence-corrected chi connectivity index (χ0v) is 23.2. The predicted molar refractivity (Wildman–Crippen MR) is 152 cm³/mol. The first kappa shape index (κ1) is 23.9. The third-order valence-corrected chi connectivity index (χ3v) is 9.85. The second kappa shape index (κ2) is 9.83. The van der Waals surface area contributed by atoms with Crippen molar-refractivity contribution in [3.63, 3.8) is 0 Å². The number of hydrogen-bond donors (Lipinski definition) is 1. The molecule has 0 aliphatic carbocycles. The number of piperidine rings is 1. The van der Waals surface area contributed by atoms with Gasteiger partial charge >= 0.3 is 6.01 Å². The highest BCUT2D eigenvalue weighted by molar-refractivity contribution is 9.10. The lowest BCUT2D eigenvalue weighted by Gasteiger charge is -2.35. The molecule has 0 amide bonds. The first-order valence-corrected chi connectivity index (χ1v) is 14.8. The minimum absolute atomic E-state index is 0.460. The molecule has 194 valence electrons. The van der Waals surface area contributed by atoms with Crippen molar-refractivity contribution >= 4 is 32.4 Å². The van der Waals surface area contributed by atoms with Gasteiger partial charge in [0.25, 0.3) is 0 Å². The van der Waals surface area contributed by atoms with Gasteiger partial charge in [0.15, 0.2) is 0 Å². The van der Waals surface area contributed by atoms with Gasteiger partial charge in [-0.15, -0.1) is 0 Å². The van der Waals surface area contributed by atoms with Crippen LogP contribution in [0.25, 0.3) is 10.8 Å². The van der Waals surface area contributed by atoms with Gasteiger partial charge in [0.1, 0.15) is 6.61 Å². The average Bonchev–Trinajstić information content (AvgIpc) is 3.49. The first-order chi connectivity index (χ1) is 18.1. The maximum Gasteiger partial charge on any atom is 0.316 e. The van der Waals surface area contributed by atoms with Crippen LogP contribution in [0.4, 0.5) is 5.69 Å². The molecule has 0 radical (unpaired) electrons. The lowest BCUT2D eigenvalue weighted by Crippen LogP contribution is -2.39. The second-order valence-corrected chi connectivity index (χ2v) is 12.4. The second-order valence-electron chi connectivity index (χ2n) is 11.5. The van der Waals surface area contributed by atoms with E-state index in [1.54, 1.807) is 0 Å². The molecule has 0 saturated carbocycles. The SMILES string of the molecule is CN1CCC[C@H]1COc1nc2c(c([C@H]3C[C@H]4CC[C@@H](C3)N4)n1)CCN(c1cccc3cccc(Br)c13)C2. The summed E-state index contributed by atoms with van der Waals surface area (Å²) in [6.07, 6.45) is 8.39. The summed E-state index contributed by atoms with van der Waals surface area (Å²) in [4.78, 5) is 15.1. The van der Waals surface area contributed by atoms with Crippen molar-refractivity contribution in [3.8, 4) is 6.01 Å². The lowest BCUT2D eigenvalue weighted by molar-refractivity contribution is 0.186. The molecule has 3 fully saturated rings. The summed E-state index contributed by atoms with van der Waals surface area (Å²) in [5.41, 5.74) is 5.08. The van der Waals surface area contributed by atoms with Crippen molar-refractivity contribution < 1.29 is 4.74 Å². The van der Waals surface area contributed by atoms with E-state index in [4.69, 9.17) is 14.7 Å². The fraction of sp³-hybridized carbons (Fsp3) is 0.533. The summed E-state index contributed by atoms with van der Waals surface area (Å²) in [7, 11) is 2.20. The molecule has 3 saturated heterocycles. The number of nitrogens with one attached hydrogen (secondary N) is 1. The zero-order chi connectivity index (χ0) is 24.9. The number of aromatic nitrogens is 2. The molecule has 7 rings (SSSR count). The van der Waals surface area contributed by atoms with Crippen molar-refractivity contribution in [3.05, 3.63) is 57.8 Å². The molecule has 3 aromatic rings. The molecule has 2 aromatic carbocycles. The monoisotopic (exact) mass is 561 g/mol. The van der Waals surface area contributed by atoms with Crippen LogP contribution in [0.5, 0.6) is 6.01 Å². The van der Waals surface area contributed by atoms with Gasteiger partial charge in [-0.2, -0.15) is 9.97 Å². The summed E-state index contributed by atoms with van der Waals surface area (Å²) < 4.78 is 7.50. The molecule has 5 heterocycles. The summed E-state index contributed by atoms with van der Waals surface area (Å²) in [5.74, 6) is 0.505. The molecular formula is C30H36BrN5O. The van der Waals surface area contributed by atoms with Crippen LogP contribution < -0.4 is 15.0 Å². The Morgan fingerprint density at radius 2 is 1.84 bits per heavy atom. The Balaban J connectivity index is 1.23. The molecule has 7 heteroatoms. The van der Waals surface area contributed by atoms with E-state index < -0.39 is 0 Å². The van der Waals surface area contributed by atoms with Crippen LogP contribution in [0.15, 0.2) is 40.9 Å². The number of likely N-dealkylation sites (tertiary alicyclic amines) is 1. The van der Waals surface area contributed by atoms with E-state index in [1.807, 2.05) is 0 Å². The van der Waals surface area contributed by atoms with Crippen molar-refractivity contribution in [1.82, 2.24) is 20.2 Å². The maximum absolute atomic E-state index is 6.35. The molecule has 0 unspecified atom stereocenters. The number of anilines is 1. The van der Waals surface area contributed by atoms with Gasteiger partial charge in [-0.25, -0.2) is 0 Å². The maximum atomic E-state index is 6.35. The molecule has 4 atom stereocenters. The fourth-order valence-corrected chi connectivity index (χ4v) is 7.81. The molecule has 1 aromatic heterocycles. The first-order valence-electron chi connectivity index (χ1n) is 14.0. The Morgan fingerprint density at radius 1 is 1.03 bits per heavy atom. The number of benzene rings is 2. The normalized spacial score (nSPS) is 27.6. The molecule has 2 bridgehead atoms. The van der Waals surface area contributed by atoms with E-state index in [9.17, 15) is 0 Å². The number of nitrogens with zero attached hydrogens (tertiary/aromatic N) is 4. The summed E-state index contributed by atoms with van der Waals surface area (Å²) in [5, 5.41) is 6.35. The van der Waals surface area contributed by atoms with Crippen LogP contribution in [-0.4, -0.2) is 59.7 Å². The number of fused-ring (bicyclic) bond motifs is 4. The van der Waals surface area contributed by atoms with Crippen LogP contribution in [0.3, 0.4) is 0 Å². The van der Waals surface area contributed by atoms with Crippen molar-refractivity contribution in [2.45, 2.75) is 75.5 Å². The third-order valence-electron chi connectivity index (χ3n) is 9.19. The molecule has 4 aliphatic heterocycles. The fourth-order valence-electron chi connectivity index (χ4n) is 7.22. The van der Waals surface area contributed by atoms with Crippen LogP contribution in [0, 0.1) is 0 Å². The Hall–Kier alpha value is -2.22. The van der Waals surface area contributed by atoms with Gasteiger partial charge in [0.05, 0.1) is 17.9 Å². The van der Waals surface area contributed by atoms with Crippen molar-refractivity contribution in [1.29, 1.82) is 0 Å². The quantitative estimate of drug-likeness (QED) is 0.448. The highest BCUT2D eigenvalue weighted by atomic mass is 79.9. The summed E-state index contributed by atoms with van der Waals surface area (Å²) in [6.45, 7) is 3.60. The Kier molecular flexibility index (Phi) is 6.34. The van der Waals surface area contributed by atoms with Crippen LogP contribution in [0.2, 0.25) is 0 Å². The van der Waals surface area contributed by atoms with E-state index in [1.165, 1.54) is 66.2 Å². The topological polar surface area (TPSA) is 53.5 Å². The van der Waals surface area contributed by atoms with Crippen LogP contribution >= 0.6 is 15.9 Å². The largest absolute Gasteiger partial charge is 0.462 e. The molecule has 0 spiro atoms. The van der Waals surface area contributed by atoms with E-state index in [0.29, 0.717) is 36.7 Å². The molecule has 6 nitrogen and oxygen atoms in total. The highest BCUT2D eigenvalue weighted by Gasteiger charge is 2.37. The molecule has 4 aliphatic rings. The third kappa shape index (κ3) is 4.53. The number of hydrogen-bond acceptors (Lipinski definition) is 6. The van der Waals surface area contributed by atoms with Gasteiger partial charge in [0, 0.05) is 46.1 Å². The van der Waals surface area contributed by atoms with Crippen LogP contribution in [0.1, 0.15) is 61.4 Å². The minimum atomic E-state index is 0.460. The average molecular weight is 563 g/mol. The Morgan fingerprint density at radius 3 is 2.62 bits per heavy atom. The summed E-state index contributed by atoms with van der Waals surface area (Å²) >= 11 is 3.81. The number of likely N-dealkylation sites (N-methyl/N-ethyl adjacent to an activating group) is 1. The van der Waals surface area contributed by atoms with Gasteiger partial charge in [-0.05, 0) is 81.6 Å². The van der Waals surface area contributed by atoms with Crippen molar-refractivity contribution in [2.75, 3.05) is 31.6 Å². The zero-order valence-electron chi connectivity index (χ0n) is 21.6. The van der Waals surface area contributed by atoms with Crippen LogP contribution in [-0.2, 0) is 13.0 Å².